The molecule has 0 atom stereocenters. The summed E-state index contributed by atoms with van der Waals surface area (Å²) in [6, 6.07) is 18.5. The average molecular weight is 320 g/mol. The summed E-state index contributed by atoms with van der Waals surface area (Å²) in [5.41, 5.74) is 3.05. The first-order valence-corrected chi connectivity index (χ1v) is 8.31. The molecule has 1 aromatic heterocycles. The van der Waals surface area contributed by atoms with Crippen molar-refractivity contribution >= 4 is 23.7 Å². The Hall–Kier alpha value is -2.04. The quantitative estimate of drug-likeness (QED) is 0.656. The molecule has 2 heterocycles. The fraction of sp³-hybridized carbons (Fsp3) is 0.300. The van der Waals surface area contributed by atoms with E-state index in [9.17, 15) is 0 Å². The minimum Gasteiger partial charge on any atom is -0.464 e. The van der Waals surface area contributed by atoms with Crippen LogP contribution in [0.1, 0.15) is 27.7 Å². The molecule has 3 aromatic rings. The summed E-state index contributed by atoms with van der Waals surface area (Å²) < 4.78 is 18.4. The van der Waals surface area contributed by atoms with Crippen LogP contribution in [0.25, 0.3) is 22.1 Å². The number of hydrogen-bond acceptors (Lipinski definition) is 3. The van der Waals surface area contributed by atoms with Crippen molar-refractivity contribution < 1.29 is 13.7 Å². The van der Waals surface area contributed by atoms with Gasteiger partial charge < -0.3 is 13.7 Å². The van der Waals surface area contributed by atoms with Crippen molar-refractivity contribution in [3.8, 4) is 11.1 Å². The van der Waals surface area contributed by atoms with Crippen LogP contribution in [0.5, 0.6) is 0 Å². The lowest BCUT2D eigenvalue weighted by Gasteiger charge is -2.32. The molecule has 1 saturated heterocycles. The molecule has 0 aliphatic carbocycles. The maximum Gasteiger partial charge on any atom is 0.532 e. The van der Waals surface area contributed by atoms with Crippen LogP contribution in [0.15, 0.2) is 59.0 Å². The van der Waals surface area contributed by atoms with Crippen LogP contribution in [0.3, 0.4) is 0 Å². The standard InChI is InChI=1S/C20H21BO3/c1-19(2)20(3,4)24-21(23-19)17-13-15-11-8-12-16(18(15)22-17)14-9-6-5-7-10-14/h5-13H,1-4H3. The minimum absolute atomic E-state index is 0.376. The Kier molecular flexibility index (Phi) is 3.38. The zero-order chi connectivity index (χ0) is 16.9. The molecule has 0 radical (unpaired) electrons. The second-order valence-corrected chi connectivity index (χ2v) is 7.33. The number of para-hydroxylation sites is 1. The van der Waals surface area contributed by atoms with Crippen molar-refractivity contribution in [1.82, 2.24) is 0 Å². The number of fused-ring (bicyclic) bond motifs is 1. The van der Waals surface area contributed by atoms with Gasteiger partial charge in [0.05, 0.1) is 11.2 Å². The molecule has 1 fully saturated rings. The third kappa shape index (κ3) is 2.38. The maximum atomic E-state index is 6.17. The minimum atomic E-state index is -0.481. The summed E-state index contributed by atoms with van der Waals surface area (Å²) in [4.78, 5) is 0. The molecule has 0 N–H and O–H groups in total. The van der Waals surface area contributed by atoms with E-state index < -0.39 is 7.12 Å². The fourth-order valence-corrected chi connectivity index (χ4v) is 3.00. The van der Waals surface area contributed by atoms with E-state index in [1.54, 1.807) is 0 Å². The van der Waals surface area contributed by atoms with Crippen LogP contribution in [0.2, 0.25) is 0 Å². The zero-order valence-corrected chi connectivity index (χ0v) is 14.5. The summed E-state index contributed by atoms with van der Waals surface area (Å²) in [6.45, 7) is 8.19. The lowest BCUT2D eigenvalue weighted by molar-refractivity contribution is 0.00578. The molecular formula is C20H21BO3. The number of benzene rings is 2. The maximum absolute atomic E-state index is 6.17. The molecule has 1 aliphatic heterocycles. The first-order valence-electron chi connectivity index (χ1n) is 8.31. The first-order chi connectivity index (χ1) is 11.4. The van der Waals surface area contributed by atoms with Crippen LogP contribution < -0.4 is 5.66 Å². The Morgan fingerprint density at radius 2 is 1.46 bits per heavy atom. The van der Waals surface area contributed by atoms with E-state index >= 15 is 0 Å². The van der Waals surface area contributed by atoms with Crippen molar-refractivity contribution in [1.29, 1.82) is 0 Å². The predicted octanol–water partition coefficient (Wildman–Crippen LogP) is 4.40. The summed E-state index contributed by atoms with van der Waals surface area (Å²) >= 11 is 0. The van der Waals surface area contributed by atoms with Gasteiger partial charge in [0.2, 0.25) is 0 Å². The Morgan fingerprint density at radius 3 is 2.12 bits per heavy atom. The molecule has 2 aromatic carbocycles. The average Bonchev–Trinajstić information content (AvgIpc) is 3.06. The third-order valence-corrected chi connectivity index (χ3v) is 5.13. The summed E-state index contributed by atoms with van der Waals surface area (Å²) in [7, 11) is -0.481. The Labute approximate surface area is 142 Å². The van der Waals surface area contributed by atoms with Crippen molar-refractivity contribution in [2.24, 2.45) is 0 Å². The van der Waals surface area contributed by atoms with E-state index in [0.29, 0.717) is 5.66 Å². The second kappa shape index (κ2) is 5.23. The van der Waals surface area contributed by atoms with Gasteiger partial charge in [-0.3, -0.25) is 0 Å². The van der Waals surface area contributed by atoms with Gasteiger partial charge in [-0.05, 0) is 39.3 Å². The van der Waals surface area contributed by atoms with E-state index in [2.05, 4.69) is 24.3 Å². The Bertz CT molecular complexity index is 864. The summed E-state index contributed by atoms with van der Waals surface area (Å²) in [6.07, 6.45) is 0. The molecule has 0 amide bonds. The van der Waals surface area contributed by atoms with Crippen molar-refractivity contribution in [2.45, 2.75) is 38.9 Å². The molecule has 0 spiro atoms. The highest BCUT2D eigenvalue weighted by atomic mass is 16.7. The summed E-state index contributed by atoms with van der Waals surface area (Å²) in [5.74, 6) is 0. The smallest absolute Gasteiger partial charge is 0.464 e. The molecule has 1 aliphatic rings. The molecule has 4 heteroatoms. The van der Waals surface area contributed by atoms with Crippen molar-refractivity contribution in [3.05, 3.63) is 54.6 Å². The van der Waals surface area contributed by atoms with Crippen LogP contribution in [-0.2, 0) is 9.31 Å². The molecule has 4 rings (SSSR count). The Morgan fingerprint density at radius 1 is 0.792 bits per heavy atom. The van der Waals surface area contributed by atoms with E-state index in [1.165, 1.54) is 0 Å². The molecule has 0 bridgehead atoms. The van der Waals surface area contributed by atoms with Crippen molar-refractivity contribution in [3.63, 3.8) is 0 Å². The lowest BCUT2D eigenvalue weighted by Crippen LogP contribution is -2.41. The van der Waals surface area contributed by atoms with E-state index in [0.717, 1.165) is 22.1 Å². The van der Waals surface area contributed by atoms with Crippen LogP contribution in [0, 0.1) is 0 Å². The van der Waals surface area contributed by atoms with E-state index in [-0.39, 0.29) is 11.2 Å². The molecule has 122 valence electrons. The largest absolute Gasteiger partial charge is 0.532 e. The number of rotatable bonds is 2. The second-order valence-electron chi connectivity index (χ2n) is 7.33. The van der Waals surface area contributed by atoms with Crippen LogP contribution in [-0.4, -0.2) is 18.3 Å². The molecular weight excluding hydrogens is 299 g/mol. The van der Waals surface area contributed by atoms with Gasteiger partial charge in [-0.25, -0.2) is 0 Å². The van der Waals surface area contributed by atoms with Crippen LogP contribution in [0.4, 0.5) is 0 Å². The topological polar surface area (TPSA) is 31.6 Å². The van der Waals surface area contributed by atoms with Gasteiger partial charge in [-0.15, -0.1) is 0 Å². The fourth-order valence-electron chi connectivity index (χ4n) is 3.00. The predicted molar refractivity (Wildman–Crippen MR) is 97.4 cm³/mol. The molecule has 0 saturated carbocycles. The van der Waals surface area contributed by atoms with Crippen LogP contribution >= 0.6 is 0 Å². The molecule has 0 unspecified atom stereocenters. The van der Waals surface area contributed by atoms with E-state index in [1.807, 2.05) is 58.0 Å². The zero-order valence-electron chi connectivity index (χ0n) is 14.5. The highest BCUT2D eigenvalue weighted by molar-refractivity contribution is 6.61. The Balaban J connectivity index is 1.78. The highest BCUT2D eigenvalue weighted by Crippen LogP contribution is 2.37. The normalized spacial score (nSPS) is 19.1. The molecule has 3 nitrogen and oxygen atoms in total. The van der Waals surface area contributed by atoms with Gasteiger partial charge in [0.15, 0.2) is 0 Å². The number of furan rings is 1. The van der Waals surface area contributed by atoms with E-state index in [4.69, 9.17) is 13.7 Å². The van der Waals surface area contributed by atoms with Crippen molar-refractivity contribution in [2.75, 3.05) is 0 Å². The van der Waals surface area contributed by atoms with Gasteiger partial charge in [0.25, 0.3) is 0 Å². The number of hydrogen-bond donors (Lipinski definition) is 0. The highest BCUT2D eigenvalue weighted by Gasteiger charge is 2.53. The first kappa shape index (κ1) is 15.5. The van der Waals surface area contributed by atoms with Gasteiger partial charge >= 0.3 is 7.12 Å². The van der Waals surface area contributed by atoms with Gasteiger partial charge in [-0.1, -0.05) is 48.5 Å². The third-order valence-electron chi connectivity index (χ3n) is 5.13. The van der Waals surface area contributed by atoms with Gasteiger partial charge in [0, 0.05) is 10.9 Å². The monoisotopic (exact) mass is 320 g/mol. The lowest BCUT2D eigenvalue weighted by atomic mass is 9.86. The SMILES string of the molecule is CC1(C)OB(c2cc3cccc(-c4ccccc4)c3o2)OC1(C)C. The summed E-state index contributed by atoms with van der Waals surface area (Å²) in [5, 5.41) is 1.06. The van der Waals surface area contributed by atoms with Gasteiger partial charge in [0.1, 0.15) is 11.2 Å². The van der Waals surface area contributed by atoms with Gasteiger partial charge in [-0.2, -0.15) is 0 Å². The molecule has 24 heavy (non-hydrogen) atoms.